The van der Waals surface area contributed by atoms with Crippen molar-refractivity contribution in [2.75, 3.05) is 18.4 Å². The van der Waals surface area contributed by atoms with E-state index in [0.717, 1.165) is 17.1 Å². The third-order valence-corrected chi connectivity index (χ3v) is 3.09. The van der Waals surface area contributed by atoms with E-state index >= 15 is 0 Å². The maximum Gasteiger partial charge on any atom is 0.243 e. The van der Waals surface area contributed by atoms with E-state index in [1.807, 2.05) is 20.9 Å². The van der Waals surface area contributed by atoms with Crippen LogP contribution in [-0.2, 0) is 16.6 Å². The van der Waals surface area contributed by atoms with Gasteiger partial charge in [-0.3, -0.25) is 19.6 Å². The van der Waals surface area contributed by atoms with Crippen LogP contribution in [0.1, 0.15) is 11.4 Å². The van der Waals surface area contributed by atoms with Gasteiger partial charge in [-0.25, -0.2) is 0 Å². The van der Waals surface area contributed by atoms with Crippen LogP contribution in [0.2, 0.25) is 0 Å². The van der Waals surface area contributed by atoms with Crippen LogP contribution >= 0.6 is 0 Å². The molecule has 18 heavy (non-hydrogen) atoms. The molecule has 2 amide bonds. The number of piperazine rings is 1. The fourth-order valence-corrected chi connectivity index (χ4v) is 1.92. The zero-order chi connectivity index (χ0) is 13.3. The van der Waals surface area contributed by atoms with Gasteiger partial charge in [0.15, 0.2) is 0 Å². The van der Waals surface area contributed by atoms with Crippen LogP contribution < -0.4 is 16.0 Å². The average molecular weight is 251 g/mol. The Kier molecular flexibility index (Phi) is 3.33. The second kappa shape index (κ2) is 4.77. The monoisotopic (exact) mass is 251 g/mol. The maximum atomic E-state index is 12.0. The van der Waals surface area contributed by atoms with Crippen molar-refractivity contribution < 1.29 is 9.59 Å². The van der Waals surface area contributed by atoms with Gasteiger partial charge >= 0.3 is 0 Å². The number of carbonyl (C=O) groups excluding carboxylic acids is 2. The number of aromatic nitrogens is 2. The lowest BCUT2D eigenvalue weighted by Crippen LogP contribution is -2.56. The molecule has 0 spiro atoms. The van der Waals surface area contributed by atoms with E-state index in [0.29, 0.717) is 6.54 Å². The predicted molar refractivity (Wildman–Crippen MR) is 66.1 cm³/mol. The minimum Gasteiger partial charge on any atom is -0.353 e. The summed E-state index contributed by atoms with van der Waals surface area (Å²) in [5.74, 6) is -0.248. The molecule has 1 atom stereocenters. The van der Waals surface area contributed by atoms with Crippen LogP contribution in [0.3, 0.4) is 0 Å². The average Bonchev–Trinajstić information content (AvgIpc) is 2.57. The highest BCUT2D eigenvalue weighted by atomic mass is 16.2. The molecule has 0 aromatic carbocycles. The molecular weight excluding hydrogens is 234 g/mol. The van der Waals surface area contributed by atoms with Gasteiger partial charge in [0.25, 0.3) is 0 Å². The van der Waals surface area contributed by atoms with Gasteiger partial charge in [-0.05, 0) is 13.8 Å². The summed E-state index contributed by atoms with van der Waals surface area (Å²) in [5, 5.41) is 12.6. The van der Waals surface area contributed by atoms with Crippen molar-refractivity contribution in [2.24, 2.45) is 7.05 Å². The first-order valence-electron chi connectivity index (χ1n) is 5.80. The van der Waals surface area contributed by atoms with Gasteiger partial charge in [0.1, 0.15) is 6.04 Å². The second-order valence-electron chi connectivity index (χ2n) is 4.40. The minimum absolute atomic E-state index is 0.0900. The first kappa shape index (κ1) is 12.6. The maximum absolute atomic E-state index is 12.0. The molecule has 1 aliphatic rings. The Hall–Kier alpha value is -1.89. The highest BCUT2D eigenvalue weighted by Gasteiger charge is 2.25. The van der Waals surface area contributed by atoms with Crippen LogP contribution in [0.4, 0.5) is 5.69 Å². The van der Waals surface area contributed by atoms with E-state index in [1.165, 1.54) is 0 Å². The van der Waals surface area contributed by atoms with E-state index < -0.39 is 6.04 Å². The Morgan fingerprint density at radius 1 is 1.50 bits per heavy atom. The van der Waals surface area contributed by atoms with Crippen molar-refractivity contribution in [3.05, 3.63) is 11.4 Å². The van der Waals surface area contributed by atoms with Crippen molar-refractivity contribution in [1.82, 2.24) is 20.4 Å². The largest absolute Gasteiger partial charge is 0.353 e. The van der Waals surface area contributed by atoms with Crippen LogP contribution in [0.15, 0.2) is 0 Å². The lowest BCUT2D eigenvalue weighted by Gasteiger charge is -2.23. The van der Waals surface area contributed by atoms with Crippen LogP contribution in [0.25, 0.3) is 0 Å². The molecule has 98 valence electrons. The number of nitrogens with one attached hydrogen (secondary N) is 3. The second-order valence-corrected chi connectivity index (χ2v) is 4.40. The number of carbonyl (C=O) groups is 2. The number of nitrogens with zero attached hydrogens (tertiary/aromatic N) is 2. The van der Waals surface area contributed by atoms with Gasteiger partial charge in [-0.1, -0.05) is 0 Å². The van der Waals surface area contributed by atoms with Crippen LogP contribution in [0, 0.1) is 13.8 Å². The summed E-state index contributed by atoms with van der Waals surface area (Å²) in [6.07, 6.45) is 0. The zero-order valence-corrected chi connectivity index (χ0v) is 10.7. The fourth-order valence-electron chi connectivity index (χ4n) is 1.92. The molecule has 1 aromatic heterocycles. The Labute approximate surface area is 105 Å². The van der Waals surface area contributed by atoms with Crippen molar-refractivity contribution >= 4 is 17.5 Å². The van der Waals surface area contributed by atoms with Gasteiger partial charge < -0.3 is 10.6 Å². The lowest BCUT2D eigenvalue weighted by molar-refractivity contribution is -0.124. The van der Waals surface area contributed by atoms with Gasteiger partial charge in [0, 0.05) is 13.6 Å². The molecule has 0 aliphatic carbocycles. The number of hydrogen-bond acceptors (Lipinski definition) is 4. The van der Waals surface area contributed by atoms with E-state index in [2.05, 4.69) is 21.0 Å². The van der Waals surface area contributed by atoms with E-state index in [4.69, 9.17) is 0 Å². The number of amides is 2. The number of aryl methyl sites for hydroxylation is 2. The van der Waals surface area contributed by atoms with Crippen molar-refractivity contribution in [2.45, 2.75) is 19.9 Å². The molecule has 3 N–H and O–H groups in total. The summed E-state index contributed by atoms with van der Waals surface area (Å²) in [4.78, 5) is 23.0. The van der Waals surface area contributed by atoms with Gasteiger partial charge in [0.05, 0.1) is 23.6 Å². The van der Waals surface area contributed by atoms with E-state index in [1.54, 1.807) is 4.68 Å². The third-order valence-electron chi connectivity index (χ3n) is 3.09. The summed E-state index contributed by atoms with van der Waals surface area (Å²) < 4.78 is 1.72. The molecule has 7 heteroatoms. The first-order chi connectivity index (χ1) is 8.49. The molecule has 0 bridgehead atoms. The molecule has 1 aromatic rings. The first-order valence-corrected chi connectivity index (χ1v) is 5.80. The molecule has 2 heterocycles. The molecule has 0 radical (unpaired) electrons. The summed E-state index contributed by atoms with van der Waals surface area (Å²) in [7, 11) is 1.83. The van der Waals surface area contributed by atoms with Gasteiger partial charge in [0.2, 0.25) is 11.8 Å². The van der Waals surface area contributed by atoms with Crippen molar-refractivity contribution in [3.8, 4) is 0 Å². The van der Waals surface area contributed by atoms with E-state index in [9.17, 15) is 9.59 Å². The van der Waals surface area contributed by atoms with Crippen LogP contribution in [0.5, 0.6) is 0 Å². The quantitative estimate of drug-likeness (QED) is 0.633. The Balaban J connectivity index is 2.05. The summed E-state index contributed by atoms with van der Waals surface area (Å²) in [6.45, 7) is 4.22. The SMILES string of the molecule is Cc1nn(C)c(C)c1NC(=O)C1CNC(=O)CN1. The molecule has 2 rings (SSSR count). The lowest BCUT2D eigenvalue weighted by atomic mass is 10.2. The van der Waals surface area contributed by atoms with Crippen LogP contribution in [-0.4, -0.2) is 40.7 Å². The Morgan fingerprint density at radius 2 is 2.22 bits per heavy atom. The normalized spacial score (nSPS) is 19.5. The van der Waals surface area contributed by atoms with Gasteiger partial charge in [-0.2, -0.15) is 5.10 Å². The number of rotatable bonds is 2. The Morgan fingerprint density at radius 3 is 2.72 bits per heavy atom. The van der Waals surface area contributed by atoms with Gasteiger partial charge in [-0.15, -0.1) is 0 Å². The predicted octanol–water partition coefficient (Wildman–Crippen LogP) is -0.937. The third kappa shape index (κ3) is 2.35. The summed E-state index contributed by atoms with van der Waals surface area (Å²) >= 11 is 0. The standard InChI is InChI=1S/C11H17N5O2/c1-6-10(7(2)16(3)15-6)14-11(18)8-4-13-9(17)5-12-8/h8,12H,4-5H2,1-3H3,(H,13,17)(H,14,18). The molecule has 7 nitrogen and oxygen atoms in total. The van der Waals surface area contributed by atoms with Crippen molar-refractivity contribution in [1.29, 1.82) is 0 Å². The smallest absolute Gasteiger partial charge is 0.243 e. The summed E-state index contributed by atoms with van der Waals surface area (Å²) in [5.41, 5.74) is 2.42. The molecule has 1 saturated heterocycles. The molecule has 1 fully saturated rings. The van der Waals surface area contributed by atoms with Crippen molar-refractivity contribution in [3.63, 3.8) is 0 Å². The molecular formula is C11H17N5O2. The molecule has 1 aliphatic heterocycles. The highest BCUT2D eigenvalue weighted by Crippen LogP contribution is 2.18. The minimum atomic E-state index is -0.401. The highest BCUT2D eigenvalue weighted by molar-refractivity contribution is 5.97. The zero-order valence-electron chi connectivity index (χ0n) is 10.7. The summed E-state index contributed by atoms with van der Waals surface area (Å²) in [6, 6.07) is -0.401. The number of hydrogen-bond donors (Lipinski definition) is 3. The molecule has 1 unspecified atom stereocenters. The number of anilines is 1. The molecule has 0 saturated carbocycles. The Bertz CT molecular complexity index is 484. The van der Waals surface area contributed by atoms with E-state index in [-0.39, 0.29) is 18.4 Å². The fraction of sp³-hybridized carbons (Fsp3) is 0.545. The topological polar surface area (TPSA) is 88.1 Å².